The Morgan fingerprint density at radius 3 is 1.81 bits per heavy atom. The number of hydrogen-bond donors (Lipinski definition) is 0. The van der Waals surface area contributed by atoms with E-state index in [9.17, 15) is 0 Å². The highest BCUT2D eigenvalue weighted by Gasteiger charge is 2.23. The van der Waals surface area contributed by atoms with Gasteiger partial charge in [-0.25, -0.2) is 15.0 Å². The van der Waals surface area contributed by atoms with Crippen LogP contribution in [-0.4, -0.2) is 19.5 Å². The molecule has 0 atom stereocenters. The van der Waals surface area contributed by atoms with Crippen molar-refractivity contribution in [2.45, 2.75) is 0 Å². The third-order valence-electron chi connectivity index (χ3n) is 11.4. The van der Waals surface area contributed by atoms with Gasteiger partial charge in [-0.2, -0.15) is 0 Å². The first-order valence-electron chi connectivity index (χ1n) is 19.5. The van der Waals surface area contributed by atoms with E-state index in [4.69, 9.17) is 19.4 Å². The fourth-order valence-electron chi connectivity index (χ4n) is 8.68. The molecule has 0 fully saturated rings. The minimum atomic E-state index is 0.547. The second-order valence-corrected chi connectivity index (χ2v) is 14.8. The van der Waals surface area contributed by atoms with E-state index in [1.165, 1.54) is 37.8 Å². The monoisotopic (exact) mass is 740 g/mol. The molecular formula is C53H32N4O. The second-order valence-electron chi connectivity index (χ2n) is 14.8. The Kier molecular flexibility index (Phi) is 7.16. The molecule has 270 valence electrons. The number of nitrogens with zero attached hydrogens (tertiary/aromatic N) is 4. The highest BCUT2D eigenvalue weighted by atomic mass is 16.3. The molecule has 0 N–H and O–H groups in total. The third-order valence-corrected chi connectivity index (χ3v) is 11.4. The van der Waals surface area contributed by atoms with Crippen LogP contribution in [0.3, 0.4) is 0 Å². The Morgan fingerprint density at radius 2 is 0.983 bits per heavy atom. The van der Waals surface area contributed by atoms with Crippen molar-refractivity contribution >= 4 is 65.3 Å². The van der Waals surface area contributed by atoms with Gasteiger partial charge in [-0.1, -0.05) is 164 Å². The number of para-hydroxylation sites is 2. The molecule has 5 heteroatoms. The van der Waals surface area contributed by atoms with Crippen LogP contribution in [0.1, 0.15) is 0 Å². The molecule has 0 saturated carbocycles. The summed E-state index contributed by atoms with van der Waals surface area (Å²) in [4.78, 5) is 15.4. The molecular weight excluding hydrogens is 709 g/mol. The van der Waals surface area contributed by atoms with Crippen LogP contribution in [0.4, 0.5) is 0 Å². The normalized spacial score (nSPS) is 11.8. The Bertz CT molecular complexity index is 3560. The van der Waals surface area contributed by atoms with Crippen molar-refractivity contribution in [2.75, 3.05) is 0 Å². The number of furan rings is 1. The maximum absolute atomic E-state index is 6.86. The van der Waals surface area contributed by atoms with E-state index in [2.05, 4.69) is 156 Å². The van der Waals surface area contributed by atoms with Crippen molar-refractivity contribution in [3.8, 4) is 51.0 Å². The van der Waals surface area contributed by atoms with E-state index in [-0.39, 0.29) is 0 Å². The van der Waals surface area contributed by atoms with E-state index < -0.39 is 0 Å². The molecule has 0 aliphatic heterocycles. The molecule has 9 aromatic carbocycles. The minimum absolute atomic E-state index is 0.547. The number of aromatic nitrogens is 4. The zero-order chi connectivity index (χ0) is 38.2. The fraction of sp³-hybridized carbons (Fsp3) is 0. The largest absolute Gasteiger partial charge is 0.455 e. The summed E-state index contributed by atoms with van der Waals surface area (Å²) in [7, 11) is 0. The third kappa shape index (κ3) is 5.07. The predicted octanol–water partition coefficient (Wildman–Crippen LogP) is 13.8. The quantitative estimate of drug-likeness (QED) is 0.176. The van der Waals surface area contributed by atoms with Crippen LogP contribution < -0.4 is 0 Å². The van der Waals surface area contributed by atoms with E-state index in [0.717, 1.165) is 61.0 Å². The lowest BCUT2D eigenvalue weighted by atomic mass is 10.00. The smallest absolute Gasteiger partial charge is 0.167 e. The molecule has 0 unspecified atom stereocenters. The lowest BCUT2D eigenvalue weighted by Crippen LogP contribution is -2.01. The maximum Gasteiger partial charge on any atom is 0.167 e. The van der Waals surface area contributed by atoms with Crippen molar-refractivity contribution in [3.63, 3.8) is 0 Å². The van der Waals surface area contributed by atoms with Crippen LogP contribution >= 0.6 is 0 Å². The van der Waals surface area contributed by atoms with Crippen molar-refractivity contribution in [1.82, 2.24) is 19.5 Å². The Balaban J connectivity index is 1.08. The first-order valence-corrected chi connectivity index (χ1v) is 19.5. The Morgan fingerprint density at radius 1 is 0.379 bits per heavy atom. The van der Waals surface area contributed by atoms with Crippen LogP contribution in [-0.2, 0) is 0 Å². The molecule has 3 heterocycles. The minimum Gasteiger partial charge on any atom is -0.455 e. The number of benzene rings is 9. The van der Waals surface area contributed by atoms with E-state index >= 15 is 0 Å². The van der Waals surface area contributed by atoms with Crippen LogP contribution in [0.2, 0.25) is 0 Å². The molecule has 0 aliphatic rings. The van der Waals surface area contributed by atoms with Crippen molar-refractivity contribution in [3.05, 3.63) is 194 Å². The molecule has 0 radical (unpaired) electrons. The molecule has 58 heavy (non-hydrogen) atoms. The highest BCUT2D eigenvalue weighted by Crippen LogP contribution is 2.43. The average molecular weight is 741 g/mol. The lowest BCUT2D eigenvalue weighted by Gasteiger charge is -2.14. The van der Waals surface area contributed by atoms with Gasteiger partial charge in [0, 0.05) is 32.7 Å². The van der Waals surface area contributed by atoms with Gasteiger partial charge in [0.25, 0.3) is 0 Å². The van der Waals surface area contributed by atoms with Crippen molar-refractivity contribution in [2.24, 2.45) is 0 Å². The summed E-state index contributed by atoms with van der Waals surface area (Å²) in [5.41, 5.74) is 9.77. The van der Waals surface area contributed by atoms with E-state index in [0.29, 0.717) is 17.5 Å². The second kappa shape index (κ2) is 12.8. The van der Waals surface area contributed by atoms with Gasteiger partial charge in [0.15, 0.2) is 17.5 Å². The fourth-order valence-corrected chi connectivity index (χ4v) is 8.68. The molecule has 0 spiro atoms. The van der Waals surface area contributed by atoms with Crippen LogP contribution in [0.5, 0.6) is 0 Å². The van der Waals surface area contributed by atoms with Crippen LogP contribution in [0, 0.1) is 0 Å². The molecule has 0 amide bonds. The zero-order valence-electron chi connectivity index (χ0n) is 31.2. The van der Waals surface area contributed by atoms with Gasteiger partial charge in [0.2, 0.25) is 0 Å². The van der Waals surface area contributed by atoms with E-state index in [1.54, 1.807) is 0 Å². The molecule has 0 aliphatic carbocycles. The standard InChI is InChI=1S/C53H32N4O/c1-2-14-36(15-3-1)51-54-52(37-25-22-34(23-26-37)39-27-24-33-12-4-5-16-38(33)32-39)56-53(55-51)44-30-31-46(48-43-19-9-11-21-47(43)58-50(44)48)57-45-20-10-8-18-41(45)42-29-28-35-13-6-7-17-40(35)49(42)57/h1-32H. The van der Waals surface area contributed by atoms with Crippen LogP contribution in [0.25, 0.3) is 116 Å². The maximum atomic E-state index is 6.86. The summed E-state index contributed by atoms with van der Waals surface area (Å²) in [5, 5.41) is 9.28. The number of hydrogen-bond acceptors (Lipinski definition) is 4. The molecule has 0 saturated heterocycles. The summed E-state index contributed by atoms with van der Waals surface area (Å²) in [5.74, 6) is 1.74. The topological polar surface area (TPSA) is 56.7 Å². The summed E-state index contributed by atoms with van der Waals surface area (Å²) >= 11 is 0. The predicted molar refractivity (Wildman–Crippen MR) is 238 cm³/mol. The van der Waals surface area contributed by atoms with Crippen molar-refractivity contribution < 1.29 is 4.42 Å². The van der Waals surface area contributed by atoms with Crippen molar-refractivity contribution in [1.29, 1.82) is 0 Å². The highest BCUT2D eigenvalue weighted by molar-refractivity contribution is 6.21. The van der Waals surface area contributed by atoms with Gasteiger partial charge in [0.05, 0.1) is 27.7 Å². The zero-order valence-corrected chi connectivity index (χ0v) is 31.2. The first-order chi connectivity index (χ1) is 28.7. The number of rotatable bonds is 5. The molecule has 12 aromatic rings. The summed E-state index contributed by atoms with van der Waals surface area (Å²) in [6.45, 7) is 0. The van der Waals surface area contributed by atoms with Crippen LogP contribution in [0.15, 0.2) is 199 Å². The first kappa shape index (κ1) is 32.4. The summed E-state index contributed by atoms with van der Waals surface area (Å²) in [6.07, 6.45) is 0. The summed E-state index contributed by atoms with van der Waals surface area (Å²) < 4.78 is 9.27. The lowest BCUT2D eigenvalue weighted by molar-refractivity contribution is 0.669. The number of fused-ring (bicyclic) bond motifs is 9. The Hall–Kier alpha value is -7.89. The average Bonchev–Trinajstić information content (AvgIpc) is 3.86. The van der Waals surface area contributed by atoms with E-state index in [1.807, 2.05) is 42.5 Å². The Labute approximate surface area is 333 Å². The van der Waals surface area contributed by atoms with Gasteiger partial charge < -0.3 is 8.98 Å². The van der Waals surface area contributed by atoms with Gasteiger partial charge in [0.1, 0.15) is 11.2 Å². The SMILES string of the molecule is c1ccc(-c2nc(-c3ccc(-c4ccc5ccccc5c4)cc3)nc(-c3ccc(-n4c5ccccc5c5ccc6ccccc6c54)c4c3oc3ccccc34)n2)cc1. The molecule has 3 aromatic heterocycles. The molecule has 0 bridgehead atoms. The molecule has 12 rings (SSSR count). The summed E-state index contributed by atoms with van der Waals surface area (Å²) in [6, 6.07) is 68.0. The van der Waals surface area contributed by atoms with Gasteiger partial charge >= 0.3 is 0 Å². The van der Waals surface area contributed by atoms with Gasteiger partial charge in [-0.3, -0.25) is 0 Å². The van der Waals surface area contributed by atoms with Gasteiger partial charge in [-0.05, 0) is 57.6 Å². The van der Waals surface area contributed by atoms with Gasteiger partial charge in [-0.15, -0.1) is 0 Å². The molecule has 5 nitrogen and oxygen atoms in total.